The van der Waals surface area contributed by atoms with Crippen molar-refractivity contribution >= 4 is 0 Å². The second kappa shape index (κ2) is 5.48. The lowest BCUT2D eigenvalue weighted by Gasteiger charge is -2.35. The molecule has 0 aromatic carbocycles. The summed E-state index contributed by atoms with van der Waals surface area (Å²) in [4.78, 5) is 2.60. The summed E-state index contributed by atoms with van der Waals surface area (Å²) in [6.45, 7) is 7.48. The van der Waals surface area contributed by atoms with Gasteiger partial charge in [-0.15, -0.1) is 0 Å². The van der Waals surface area contributed by atoms with Gasteiger partial charge in [0, 0.05) is 18.0 Å². The highest BCUT2D eigenvalue weighted by atomic mass is 16.5. The summed E-state index contributed by atoms with van der Waals surface area (Å²) in [6.07, 6.45) is 6.93. The van der Waals surface area contributed by atoms with Gasteiger partial charge in [-0.1, -0.05) is 26.2 Å². The maximum Gasteiger partial charge on any atom is 0.0624 e. The van der Waals surface area contributed by atoms with E-state index in [-0.39, 0.29) is 11.5 Å². The Balaban J connectivity index is 1.86. The zero-order valence-electron chi connectivity index (χ0n) is 10.6. The molecule has 0 aromatic rings. The van der Waals surface area contributed by atoms with Crippen LogP contribution in [-0.4, -0.2) is 43.8 Å². The lowest BCUT2D eigenvalue weighted by Crippen LogP contribution is -2.47. The van der Waals surface area contributed by atoms with Gasteiger partial charge < -0.3 is 15.4 Å². The number of rotatable bonds is 2. The van der Waals surface area contributed by atoms with E-state index in [2.05, 4.69) is 11.8 Å². The fourth-order valence-corrected chi connectivity index (χ4v) is 2.87. The first kappa shape index (κ1) is 12.3. The van der Waals surface area contributed by atoms with Crippen LogP contribution in [-0.2, 0) is 4.74 Å². The molecule has 2 atom stereocenters. The van der Waals surface area contributed by atoms with Crippen molar-refractivity contribution in [2.45, 2.75) is 45.1 Å². The smallest absolute Gasteiger partial charge is 0.0624 e. The van der Waals surface area contributed by atoms with E-state index >= 15 is 0 Å². The molecule has 0 amide bonds. The van der Waals surface area contributed by atoms with Gasteiger partial charge in [0.15, 0.2) is 0 Å². The number of ether oxygens (including phenoxy) is 1. The highest BCUT2D eigenvalue weighted by molar-refractivity contribution is 4.92. The minimum absolute atomic E-state index is 0.180. The molecule has 2 aliphatic heterocycles. The summed E-state index contributed by atoms with van der Waals surface area (Å²) in [5.74, 6) is 0. The Kier molecular flexibility index (Phi) is 4.22. The van der Waals surface area contributed by atoms with Crippen LogP contribution >= 0.6 is 0 Å². The van der Waals surface area contributed by atoms with Gasteiger partial charge in [0.05, 0.1) is 13.2 Å². The van der Waals surface area contributed by atoms with Crippen molar-refractivity contribution in [2.24, 2.45) is 11.1 Å². The number of hydrogen-bond donors (Lipinski definition) is 1. The van der Waals surface area contributed by atoms with E-state index in [4.69, 9.17) is 10.5 Å². The van der Waals surface area contributed by atoms with Crippen LogP contribution in [0.15, 0.2) is 0 Å². The SMILES string of the molecule is CC1(CN2CCCCCCC2)COCC1N. The molecule has 94 valence electrons. The van der Waals surface area contributed by atoms with Gasteiger partial charge in [-0.2, -0.15) is 0 Å². The second-order valence-electron chi connectivity index (χ2n) is 5.82. The highest BCUT2D eigenvalue weighted by Crippen LogP contribution is 2.28. The van der Waals surface area contributed by atoms with E-state index in [1.165, 1.54) is 45.2 Å². The minimum atomic E-state index is 0.180. The van der Waals surface area contributed by atoms with Crippen molar-refractivity contribution in [3.05, 3.63) is 0 Å². The molecule has 2 rings (SSSR count). The van der Waals surface area contributed by atoms with E-state index < -0.39 is 0 Å². The number of nitrogens with zero attached hydrogens (tertiary/aromatic N) is 1. The van der Waals surface area contributed by atoms with Crippen molar-refractivity contribution in [2.75, 3.05) is 32.8 Å². The van der Waals surface area contributed by atoms with Gasteiger partial charge in [0.1, 0.15) is 0 Å². The molecule has 2 unspecified atom stereocenters. The number of hydrogen-bond acceptors (Lipinski definition) is 3. The van der Waals surface area contributed by atoms with Crippen molar-refractivity contribution in [1.29, 1.82) is 0 Å². The normalized spacial score (nSPS) is 38.2. The molecule has 0 aromatic heterocycles. The van der Waals surface area contributed by atoms with E-state index in [1.807, 2.05) is 0 Å². The first-order valence-corrected chi connectivity index (χ1v) is 6.76. The maximum absolute atomic E-state index is 6.15. The first-order chi connectivity index (χ1) is 7.71. The third-order valence-electron chi connectivity index (χ3n) is 4.16. The van der Waals surface area contributed by atoms with Crippen LogP contribution in [0, 0.1) is 5.41 Å². The third-order valence-corrected chi connectivity index (χ3v) is 4.16. The van der Waals surface area contributed by atoms with Gasteiger partial charge in [-0.05, 0) is 25.9 Å². The molecule has 3 nitrogen and oxygen atoms in total. The van der Waals surface area contributed by atoms with Gasteiger partial charge in [-0.3, -0.25) is 0 Å². The van der Waals surface area contributed by atoms with Gasteiger partial charge in [0.2, 0.25) is 0 Å². The standard InChI is InChI=1S/C13H26N2O/c1-13(11-16-9-12(13)14)10-15-7-5-3-2-4-6-8-15/h12H,2-11,14H2,1H3. The molecule has 2 saturated heterocycles. The summed E-state index contributed by atoms with van der Waals surface area (Å²) in [7, 11) is 0. The molecule has 0 radical (unpaired) electrons. The number of nitrogens with two attached hydrogens (primary N) is 1. The molecule has 0 aliphatic carbocycles. The summed E-state index contributed by atoms with van der Waals surface area (Å²) in [5, 5.41) is 0. The fourth-order valence-electron chi connectivity index (χ4n) is 2.87. The minimum Gasteiger partial charge on any atom is -0.379 e. The van der Waals surface area contributed by atoms with Crippen molar-refractivity contribution < 1.29 is 4.74 Å². The molecule has 2 heterocycles. The summed E-state index contributed by atoms with van der Waals surface area (Å²) >= 11 is 0. The van der Waals surface area contributed by atoms with Crippen LogP contribution in [0.1, 0.15) is 39.0 Å². The molecular formula is C13H26N2O. The lowest BCUT2D eigenvalue weighted by molar-refractivity contribution is 0.114. The van der Waals surface area contributed by atoms with Crippen LogP contribution in [0.5, 0.6) is 0 Å². The molecule has 2 aliphatic rings. The van der Waals surface area contributed by atoms with E-state index in [1.54, 1.807) is 0 Å². The first-order valence-electron chi connectivity index (χ1n) is 6.76. The molecule has 2 fully saturated rings. The highest BCUT2D eigenvalue weighted by Gasteiger charge is 2.38. The predicted molar refractivity (Wildman–Crippen MR) is 66.4 cm³/mol. The largest absolute Gasteiger partial charge is 0.379 e. The van der Waals surface area contributed by atoms with E-state index in [0.29, 0.717) is 0 Å². The Morgan fingerprint density at radius 1 is 1.19 bits per heavy atom. The van der Waals surface area contributed by atoms with Crippen molar-refractivity contribution in [3.8, 4) is 0 Å². The molecule has 0 bridgehead atoms. The summed E-state index contributed by atoms with van der Waals surface area (Å²) in [6, 6.07) is 0.220. The monoisotopic (exact) mass is 226 g/mol. The van der Waals surface area contributed by atoms with E-state index in [9.17, 15) is 0 Å². The maximum atomic E-state index is 6.15. The average molecular weight is 226 g/mol. The molecule has 16 heavy (non-hydrogen) atoms. The predicted octanol–water partition coefficient (Wildman–Crippen LogP) is 1.62. The number of likely N-dealkylation sites (tertiary alicyclic amines) is 1. The molecule has 0 saturated carbocycles. The Morgan fingerprint density at radius 3 is 2.38 bits per heavy atom. The summed E-state index contributed by atoms with van der Waals surface area (Å²) < 4.78 is 5.52. The Bertz CT molecular complexity index is 214. The topological polar surface area (TPSA) is 38.5 Å². The lowest BCUT2D eigenvalue weighted by atomic mass is 9.85. The van der Waals surface area contributed by atoms with Crippen LogP contribution in [0.25, 0.3) is 0 Å². The quantitative estimate of drug-likeness (QED) is 0.777. The molecule has 0 spiro atoms. The molecular weight excluding hydrogens is 200 g/mol. The summed E-state index contributed by atoms with van der Waals surface area (Å²) in [5.41, 5.74) is 6.33. The van der Waals surface area contributed by atoms with Gasteiger partial charge in [-0.25, -0.2) is 0 Å². The van der Waals surface area contributed by atoms with Gasteiger partial charge >= 0.3 is 0 Å². The van der Waals surface area contributed by atoms with Crippen LogP contribution in [0.2, 0.25) is 0 Å². The Morgan fingerprint density at radius 2 is 1.81 bits per heavy atom. The second-order valence-corrected chi connectivity index (χ2v) is 5.82. The van der Waals surface area contributed by atoms with E-state index in [0.717, 1.165) is 19.8 Å². The molecule has 2 N–H and O–H groups in total. The van der Waals surface area contributed by atoms with Crippen LogP contribution < -0.4 is 5.73 Å². The van der Waals surface area contributed by atoms with Crippen molar-refractivity contribution in [1.82, 2.24) is 4.90 Å². The zero-order chi connectivity index (χ0) is 11.4. The zero-order valence-corrected chi connectivity index (χ0v) is 10.6. The third kappa shape index (κ3) is 2.96. The van der Waals surface area contributed by atoms with Gasteiger partial charge in [0.25, 0.3) is 0 Å². The van der Waals surface area contributed by atoms with Crippen molar-refractivity contribution in [3.63, 3.8) is 0 Å². The Hall–Kier alpha value is -0.120. The fraction of sp³-hybridized carbons (Fsp3) is 1.00. The van der Waals surface area contributed by atoms with Crippen LogP contribution in [0.4, 0.5) is 0 Å². The average Bonchev–Trinajstić information content (AvgIpc) is 2.52. The molecule has 3 heteroatoms. The van der Waals surface area contributed by atoms with Crippen LogP contribution in [0.3, 0.4) is 0 Å². The Labute approximate surface area is 99.3 Å².